The molecule has 0 N–H and O–H groups in total. The second kappa shape index (κ2) is 3.86. The van der Waals surface area contributed by atoms with E-state index in [-0.39, 0.29) is 12.1 Å². The maximum absolute atomic E-state index is 11.1. The molecule has 0 aromatic rings. The molecule has 0 aliphatic carbocycles. The molecule has 1 atom stereocenters. The van der Waals surface area contributed by atoms with Crippen molar-refractivity contribution in [3.8, 4) is 0 Å². The van der Waals surface area contributed by atoms with Gasteiger partial charge in [-0.05, 0) is 12.8 Å². The average molecular weight is 193 g/mol. The summed E-state index contributed by atoms with van der Waals surface area (Å²) in [5.41, 5.74) is 1.05. The van der Waals surface area contributed by atoms with Crippen LogP contribution >= 0.6 is 0 Å². The Balaban J connectivity index is 2.09. The van der Waals surface area contributed by atoms with E-state index in [1.54, 1.807) is 12.2 Å². The molecule has 0 aromatic carbocycles. The van der Waals surface area contributed by atoms with E-state index < -0.39 is 0 Å². The molecule has 2 rings (SSSR count). The summed E-state index contributed by atoms with van der Waals surface area (Å²) in [4.78, 5) is 13.4. The zero-order chi connectivity index (χ0) is 9.97. The van der Waals surface area contributed by atoms with E-state index in [9.17, 15) is 4.79 Å². The zero-order valence-corrected chi connectivity index (χ0v) is 8.24. The number of esters is 1. The van der Waals surface area contributed by atoms with Crippen molar-refractivity contribution in [2.75, 3.05) is 13.1 Å². The lowest BCUT2D eigenvalue weighted by Crippen LogP contribution is -2.25. The highest BCUT2D eigenvalue weighted by Gasteiger charge is 2.30. The third-order valence-electron chi connectivity index (χ3n) is 2.71. The third-order valence-corrected chi connectivity index (χ3v) is 2.71. The topological polar surface area (TPSA) is 29.5 Å². The molecule has 76 valence electrons. The number of rotatable bonds is 3. The van der Waals surface area contributed by atoms with Crippen LogP contribution in [0, 0.1) is 0 Å². The number of ether oxygens (including phenoxy) is 1. The molecule has 1 saturated heterocycles. The molecule has 0 saturated carbocycles. The number of likely N-dealkylation sites (tertiary alicyclic amines) is 1. The van der Waals surface area contributed by atoms with Gasteiger partial charge in [0.25, 0.3) is 0 Å². The Morgan fingerprint density at radius 2 is 2.29 bits per heavy atom. The van der Waals surface area contributed by atoms with Crippen LogP contribution < -0.4 is 0 Å². The quantitative estimate of drug-likeness (QED) is 0.502. The van der Waals surface area contributed by atoms with Crippen molar-refractivity contribution in [1.29, 1.82) is 0 Å². The van der Waals surface area contributed by atoms with Gasteiger partial charge in [-0.3, -0.25) is 0 Å². The van der Waals surface area contributed by atoms with Crippen molar-refractivity contribution < 1.29 is 9.53 Å². The molecule has 0 bridgehead atoms. The minimum Gasteiger partial charge on any atom is -0.452 e. The molecular weight excluding hydrogens is 178 g/mol. The van der Waals surface area contributed by atoms with Crippen molar-refractivity contribution in [2.45, 2.75) is 25.4 Å². The van der Waals surface area contributed by atoms with Crippen LogP contribution in [0.5, 0.6) is 0 Å². The Labute approximate surface area is 84.0 Å². The number of hydrogen-bond donors (Lipinski definition) is 0. The third kappa shape index (κ3) is 1.67. The first kappa shape index (κ1) is 9.31. The molecule has 1 fully saturated rings. The first-order chi connectivity index (χ1) is 6.81. The average Bonchev–Trinajstić information content (AvgIpc) is 2.74. The zero-order valence-electron chi connectivity index (χ0n) is 8.24. The van der Waals surface area contributed by atoms with Gasteiger partial charge in [0.15, 0.2) is 0 Å². The molecule has 0 radical (unpaired) electrons. The van der Waals surface area contributed by atoms with Gasteiger partial charge in [0.2, 0.25) is 0 Å². The van der Waals surface area contributed by atoms with Gasteiger partial charge < -0.3 is 9.64 Å². The summed E-state index contributed by atoms with van der Waals surface area (Å²) < 4.78 is 5.18. The Morgan fingerprint density at radius 3 is 2.93 bits per heavy atom. The number of nitrogens with zero attached hydrogens (tertiary/aromatic N) is 1. The number of hydrogen-bond acceptors (Lipinski definition) is 3. The summed E-state index contributed by atoms with van der Waals surface area (Å²) in [7, 11) is 0. The van der Waals surface area contributed by atoms with E-state index in [0.717, 1.165) is 18.8 Å². The lowest BCUT2D eigenvalue weighted by atomic mass is 10.2. The Morgan fingerprint density at radius 1 is 1.57 bits per heavy atom. The van der Waals surface area contributed by atoms with Gasteiger partial charge in [-0.1, -0.05) is 6.08 Å². The molecule has 0 spiro atoms. The van der Waals surface area contributed by atoms with Crippen LogP contribution in [-0.4, -0.2) is 30.1 Å². The highest BCUT2D eigenvalue weighted by Crippen LogP contribution is 2.25. The molecule has 14 heavy (non-hydrogen) atoms. The predicted molar refractivity (Wildman–Crippen MR) is 53.6 cm³/mol. The van der Waals surface area contributed by atoms with Crippen molar-refractivity contribution in [1.82, 2.24) is 4.90 Å². The summed E-state index contributed by atoms with van der Waals surface area (Å²) in [5.74, 6) is -0.209. The lowest BCUT2D eigenvalue weighted by molar-refractivity contribution is -0.138. The van der Waals surface area contributed by atoms with Crippen molar-refractivity contribution in [2.24, 2.45) is 0 Å². The fraction of sp³-hybridized carbons (Fsp3) is 0.545. The molecule has 2 aliphatic heterocycles. The van der Waals surface area contributed by atoms with Crippen LogP contribution in [0.25, 0.3) is 0 Å². The van der Waals surface area contributed by atoms with E-state index in [1.807, 2.05) is 0 Å². The molecule has 3 heteroatoms. The Kier molecular flexibility index (Phi) is 2.57. The monoisotopic (exact) mass is 193 g/mol. The molecule has 2 heterocycles. The Bertz CT molecular complexity index is 277. The fourth-order valence-electron chi connectivity index (χ4n) is 2.04. The van der Waals surface area contributed by atoms with Crippen LogP contribution in [-0.2, 0) is 9.53 Å². The minimum atomic E-state index is -0.209. The highest BCUT2D eigenvalue weighted by atomic mass is 16.5. The van der Waals surface area contributed by atoms with Gasteiger partial charge in [0.1, 0.15) is 6.10 Å². The van der Waals surface area contributed by atoms with Crippen LogP contribution in [0.2, 0.25) is 0 Å². The first-order valence-electron chi connectivity index (χ1n) is 5.09. The number of carbonyl (C=O) groups is 1. The summed E-state index contributed by atoms with van der Waals surface area (Å²) >= 11 is 0. The van der Waals surface area contributed by atoms with E-state index in [4.69, 9.17) is 4.74 Å². The van der Waals surface area contributed by atoms with Gasteiger partial charge in [-0.2, -0.15) is 0 Å². The van der Waals surface area contributed by atoms with Crippen molar-refractivity contribution in [3.05, 3.63) is 24.4 Å². The summed E-state index contributed by atoms with van der Waals surface area (Å²) in [5, 5.41) is 0. The van der Waals surface area contributed by atoms with E-state index in [2.05, 4.69) is 11.5 Å². The van der Waals surface area contributed by atoms with E-state index >= 15 is 0 Å². The fourth-order valence-corrected chi connectivity index (χ4v) is 2.04. The van der Waals surface area contributed by atoms with Crippen LogP contribution in [0.1, 0.15) is 19.3 Å². The molecule has 2 aliphatic rings. The number of carbonyl (C=O) groups excluding carboxylic acids is 1. The predicted octanol–water partition coefficient (Wildman–Crippen LogP) is 1.47. The van der Waals surface area contributed by atoms with E-state index in [1.165, 1.54) is 12.8 Å². The van der Waals surface area contributed by atoms with Gasteiger partial charge in [-0.25, -0.2) is 4.79 Å². The summed E-state index contributed by atoms with van der Waals surface area (Å²) in [6.07, 6.45) is 6.48. The standard InChI is InChI=1S/C11H15NO2/c1-2-5-10-9(8-11(13)14-10)12-6-3-4-7-12/h2,8,10H,1,3-7H2. The van der Waals surface area contributed by atoms with Crippen molar-refractivity contribution in [3.63, 3.8) is 0 Å². The molecule has 0 aromatic heterocycles. The largest absolute Gasteiger partial charge is 0.452 e. The van der Waals surface area contributed by atoms with Gasteiger partial charge in [0.05, 0.1) is 5.70 Å². The smallest absolute Gasteiger partial charge is 0.333 e. The van der Waals surface area contributed by atoms with E-state index in [0.29, 0.717) is 6.42 Å². The molecular formula is C11H15NO2. The maximum atomic E-state index is 11.1. The maximum Gasteiger partial charge on any atom is 0.333 e. The Hall–Kier alpha value is -1.25. The van der Waals surface area contributed by atoms with Crippen LogP contribution in [0.3, 0.4) is 0 Å². The second-order valence-corrected chi connectivity index (χ2v) is 3.71. The summed E-state index contributed by atoms with van der Waals surface area (Å²) in [6.45, 7) is 5.78. The first-order valence-corrected chi connectivity index (χ1v) is 5.09. The van der Waals surface area contributed by atoms with Crippen LogP contribution in [0.15, 0.2) is 24.4 Å². The normalized spacial score (nSPS) is 26.3. The molecule has 0 amide bonds. The molecule has 3 nitrogen and oxygen atoms in total. The van der Waals surface area contributed by atoms with Crippen LogP contribution in [0.4, 0.5) is 0 Å². The SMILES string of the molecule is C=CCC1OC(=O)C=C1N1CCCC1. The second-order valence-electron chi connectivity index (χ2n) is 3.71. The lowest BCUT2D eigenvalue weighted by Gasteiger charge is -2.22. The van der Waals surface area contributed by atoms with Gasteiger partial charge >= 0.3 is 5.97 Å². The van der Waals surface area contributed by atoms with Crippen molar-refractivity contribution >= 4 is 5.97 Å². The van der Waals surface area contributed by atoms with Gasteiger partial charge in [0, 0.05) is 25.6 Å². The highest BCUT2D eigenvalue weighted by molar-refractivity contribution is 5.85. The summed E-state index contributed by atoms with van der Waals surface area (Å²) in [6, 6.07) is 0. The molecule has 1 unspecified atom stereocenters. The number of cyclic esters (lactones) is 1. The van der Waals surface area contributed by atoms with Gasteiger partial charge in [-0.15, -0.1) is 6.58 Å². The minimum absolute atomic E-state index is 0.0851.